The lowest BCUT2D eigenvalue weighted by atomic mass is 9.81. The zero-order chi connectivity index (χ0) is 12.6. The molecule has 0 bridgehead atoms. The number of hydrogen-bond acceptors (Lipinski definition) is 1. The molecule has 0 aliphatic carbocycles. The first-order valence-electron chi connectivity index (χ1n) is 5.85. The molecule has 0 saturated heterocycles. The Bertz CT molecular complexity index is 410. The fourth-order valence-electron chi connectivity index (χ4n) is 2.51. The third-order valence-electron chi connectivity index (χ3n) is 3.36. The van der Waals surface area contributed by atoms with E-state index in [9.17, 15) is 13.2 Å². The summed E-state index contributed by atoms with van der Waals surface area (Å²) in [5, 5.41) is 2.90. The van der Waals surface area contributed by atoms with Crippen molar-refractivity contribution in [3.05, 3.63) is 29.3 Å². The number of anilines is 1. The molecule has 1 unspecified atom stereocenters. The number of halogens is 3. The summed E-state index contributed by atoms with van der Waals surface area (Å²) in [4.78, 5) is 0. The van der Waals surface area contributed by atoms with Crippen LogP contribution < -0.4 is 5.32 Å². The van der Waals surface area contributed by atoms with Gasteiger partial charge in [0.1, 0.15) is 0 Å². The minimum absolute atomic E-state index is 0.216. The summed E-state index contributed by atoms with van der Waals surface area (Å²) in [6.07, 6.45) is -3.39. The number of benzene rings is 1. The lowest BCUT2D eigenvalue weighted by molar-refractivity contribution is -0.137. The average molecular weight is 243 g/mol. The molecular weight excluding hydrogens is 227 g/mol. The van der Waals surface area contributed by atoms with Crippen LogP contribution in [0, 0.1) is 5.92 Å². The Kier molecular flexibility index (Phi) is 3.06. The molecule has 1 heterocycles. The summed E-state index contributed by atoms with van der Waals surface area (Å²) in [6.45, 7) is 4.73. The Morgan fingerprint density at radius 1 is 1.29 bits per heavy atom. The Labute approximate surface area is 99.0 Å². The quantitative estimate of drug-likeness (QED) is 0.777. The second-order valence-corrected chi connectivity index (χ2v) is 4.83. The Morgan fingerprint density at radius 2 is 2.00 bits per heavy atom. The molecule has 0 saturated carbocycles. The highest BCUT2D eigenvalue weighted by Gasteiger charge is 2.36. The minimum Gasteiger partial charge on any atom is -0.384 e. The predicted molar refractivity (Wildman–Crippen MR) is 62.1 cm³/mol. The van der Waals surface area contributed by atoms with Crippen molar-refractivity contribution in [2.75, 3.05) is 11.9 Å². The first-order chi connectivity index (χ1) is 7.91. The summed E-state index contributed by atoms with van der Waals surface area (Å²) in [6, 6.07) is 4.46. The van der Waals surface area contributed by atoms with Crippen molar-refractivity contribution in [3.8, 4) is 0 Å². The topological polar surface area (TPSA) is 12.0 Å². The fraction of sp³-hybridized carbons (Fsp3) is 0.538. The van der Waals surface area contributed by atoms with Gasteiger partial charge in [0, 0.05) is 12.2 Å². The van der Waals surface area contributed by atoms with E-state index in [1.165, 1.54) is 6.07 Å². The van der Waals surface area contributed by atoms with Crippen LogP contribution in [0.15, 0.2) is 18.2 Å². The van der Waals surface area contributed by atoms with Gasteiger partial charge < -0.3 is 5.32 Å². The fourth-order valence-corrected chi connectivity index (χ4v) is 2.51. The van der Waals surface area contributed by atoms with Gasteiger partial charge in [0.05, 0.1) is 5.56 Å². The molecule has 1 aliphatic rings. The van der Waals surface area contributed by atoms with Gasteiger partial charge in [-0.1, -0.05) is 26.0 Å². The van der Waals surface area contributed by atoms with E-state index in [0.717, 1.165) is 18.1 Å². The normalized spacial score (nSPS) is 20.0. The molecule has 1 atom stereocenters. The minimum atomic E-state index is -4.28. The van der Waals surface area contributed by atoms with Crippen LogP contribution in [0.4, 0.5) is 18.9 Å². The van der Waals surface area contributed by atoms with Crippen molar-refractivity contribution < 1.29 is 13.2 Å². The molecule has 17 heavy (non-hydrogen) atoms. The van der Waals surface area contributed by atoms with Crippen LogP contribution in [-0.4, -0.2) is 6.54 Å². The lowest BCUT2D eigenvalue weighted by Crippen LogP contribution is -2.23. The number of alkyl halides is 3. The Balaban J connectivity index is 2.51. The highest BCUT2D eigenvalue weighted by Crippen LogP contribution is 2.43. The summed E-state index contributed by atoms with van der Waals surface area (Å²) in [5.74, 6) is 0.577. The molecule has 1 aliphatic heterocycles. The molecule has 4 heteroatoms. The largest absolute Gasteiger partial charge is 0.418 e. The number of rotatable bonds is 1. The van der Waals surface area contributed by atoms with Gasteiger partial charge >= 0.3 is 6.18 Å². The number of para-hydroxylation sites is 1. The Morgan fingerprint density at radius 3 is 2.59 bits per heavy atom. The third kappa shape index (κ3) is 2.26. The van der Waals surface area contributed by atoms with Crippen molar-refractivity contribution >= 4 is 5.69 Å². The summed E-state index contributed by atoms with van der Waals surface area (Å²) >= 11 is 0. The Hall–Kier alpha value is -1.19. The maximum absolute atomic E-state index is 12.9. The van der Waals surface area contributed by atoms with Crippen molar-refractivity contribution in [2.45, 2.75) is 32.4 Å². The zero-order valence-electron chi connectivity index (χ0n) is 9.93. The molecule has 1 N–H and O–H groups in total. The molecule has 0 amide bonds. The lowest BCUT2D eigenvalue weighted by Gasteiger charge is -2.31. The van der Waals surface area contributed by atoms with E-state index in [0.29, 0.717) is 12.5 Å². The molecule has 1 aromatic carbocycles. The van der Waals surface area contributed by atoms with Crippen molar-refractivity contribution in [3.63, 3.8) is 0 Å². The third-order valence-corrected chi connectivity index (χ3v) is 3.36. The molecule has 2 rings (SSSR count). The van der Waals surface area contributed by atoms with Gasteiger partial charge in [-0.3, -0.25) is 0 Å². The van der Waals surface area contributed by atoms with Crippen molar-refractivity contribution in [2.24, 2.45) is 5.92 Å². The molecule has 94 valence electrons. The first-order valence-corrected chi connectivity index (χ1v) is 5.85. The van der Waals surface area contributed by atoms with Gasteiger partial charge in [-0.2, -0.15) is 13.2 Å². The van der Waals surface area contributed by atoms with Gasteiger partial charge in [0.2, 0.25) is 0 Å². The highest BCUT2D eigenvalue weighted by atomic mass is 19.4. The van der Waals surface area contributed by atoms with Gasteiger partial charge in [-0.15, -0.1) is 0 Å². The monoisotopic (exact) mass is 243 g/mol. The van der Waals surface area contributed by atoms with Crippen LogP contribution >= 0.6 is 0 Å². The first kappa shape index (κ1) is 12.3. The molecule has 0 spiro atoms. The van der Waals surface area contributed by atoms with Crippen molar-refractivity contribution in [1.29, 1.82) is 0 Å². The molecular formula is C13H16F3N. The van der Waals surface area contributed by atoms with Crippen LogP contribution in [0.5, 0.6) is 0 Å². The molecule has 0 fully saturated rings. The molecule has 0 aromatic heterocycles. The van der Waals surface area contributed by atoms with Gasteiger partial charge in [0.25, 0.3) is 0 Å². The van der Waals surface area contributed by atoms with Crippen LogP contribution in [0.3, 0.4) is 0 Å². The number of hydrogen-bond donors (Lipinski definition) is 1. The maximum Gasteiger partial charge on any atom is 0.418 e. The van der Waals surface area contributed by atoms with Crippen LogP contribution in [0.1, 0.15) is 37.3 Å². The van der Waals surface area contributed by atoms with Crippen LogP contribution in [0.2, 0.25) is 0 Å². The molecule has 1 nitrogen and oxygen atoms in total. The maximum atomic E-state index is 12.9. The second-order valence-electron chi connectivity index (χ2n) is 4.83. The number of nitrogens with one attached hydrogen (secondary N) is 1. The van der Waals surface area contributed by atoms with Crippen LogP contribution in [0.25, 0.3) is 0 Å². The van der Waals surface area contributed by atoms with Crippen LogP contribution in [-0.2, 0) is 6.18 Å². The van der Waals surface area contributed by atoms with E-state index in [-0.39, 0.29) is 11.6 Å². The van der Waals surface area contributed by atoms with E-state index in [1.807, 2.05) is 0 Å². The van der Waals surface area contributed by atoms with E-state index in [1.54, 1.807) is 6.07 Å². The summed E-state index contributed by atoms with van der Waals surface area (Å²) in [5.41, 5.74) is 0.548. The average Bonchev–Trinajstić information content (AvgIpc) is 2.26. The highest BCUT2D eigenvalue weighted by molar-refractivity contribution is 5.61. The van der Waals surface area contributed by atoms with E-state index < -0.39 is 11.7 Å². The zero-order valence-corrected chi connectivity index (χ0v) is 9.93. The van der Waals surface area contributed by atoms with Gasteiger partial charge in [0.15, 0.2) is 0 Å². The van der Waals surface area contributed by atoms with Crippen molar-refractivity contribution in [1.82, 2.24) is 0 Å². The van der Waals surface area contributed by atoms with E-state index >= 15 is 0 Å². The van der Waals surface area contributed by atoms with Gasteiger partial charge in [-0.25, -0.2) is 0 Å². The van der Waals surface area contributed by atoms with E-state index in [2.05, 4.69) is 19.2 Å². The van der Waals surface area contributed by atoms with Gasteiger partial charge in [-0.05, 0) is 29.9 Å². The molecule has 1 aromatic rings. The summed E-state index contributed by atoms with van der Waals surface area (Å²) in [7, 11) is 0. The number of fused-ring (bicyclic) bond motifs is 1. The standard InChI is InChI=1S/C13H16F3N/c1-8(2)9-6-7-17-12-10(9)4-3-5-11(12)13(14,15)16/h3-5,8-9,17H,6-7H2,1-2H3. The summed E-state index contributed by atoms with van der Waals surface area (Å²) < 4.78 is 38.6. The second kappa shape index (κ2) is 4.24. The SMILES string of the molecule is CC(C)C1CCNc2c1cccc2C(F)(F)F. The predicted octanol–water partition coefficient (Wildman–Crippen LogP) is 4.26. The van der Waals surface area contributed by atoms with E-state index in [4.69, 9.17) is 0 Å². The molecule has 0 radical (unpaired) electrons. The smallest absolute Gasteiger partial charge is 0.384 e.